The molecular weight excluding hydrogens is 296 g/mol. The third-order valence-corrected chi connectivity index (χ3v) is 3.77. The first-order valence-corrected chi connectivity index (χ1v) is 6.36. The Balaban J connectivity index is 2.17. The largest absolute Gasteiger partial charge is 0.388 e. The van der Waals surface area contributed by atoms with Crippen LogP contribution in [-0.4, -0.2) is 60.0 Å². The van der Waals surface area contributed by atoms with Crippen LogP contribution in [0.25, 0.3) is 11.0 Å². The number of nitrogen functional groups attached to an aromatic ring is 1. The van der Waals surface area contributed by atoms with E-state index >= 15 is 0 Å². The highest BCUT2D eigenvalue weighted by molar-refractivity contribution is 5.78. The second kappa shape index (κ2) is 4.70. The van der Waals surface area contributed by atoms with Gasteiger partial charge in [-0.05, 0) is 0 Å². The van der Waals surface area contributed by atoms with Crippen molar-refractivity contribution >= 4 is 17.0 Å². The van der Waals surface area contributed by atoms with E-state index in [1.54, 1.807) is 0 Å². The Morgan fingerprint density at radius 1 is 1.32 bits per heavy atom. The lowest BCUT2D eigenvalue weighted by molar-refractivity contribution is -0.0114. The summed E-state index contributed by atoms with van der Waals surface area (Å²) in [7, 11) is 0. The molecule has 1 aliphatic rings. The van der Waals surface area contributed by atoms with Crippen molar-refractivity contribution in [1.29, 1.82) is 0 Å². The summed E-state index contributed by atoms with van der Waals surface area (Å²) in [4.78, 5) is 18.0. The highest BCUT2D eigenvalue weighted by Crippen LogP contribution is 2.31. The van der Waals surface area contributed by atoms with E-state index in [2.05, 4.69) is 25.5 Å². The summed E-state index contributed by atoms with van der Waals surface area (Å²) in [5.41, 5.74) is 14.6. The molecule has 1 fully saturated rings. The molecule has 22 heavy (non-hydrogen) atoms. The maximum atomic E-state index is 11.8. The molecule has 12 nitrogen and oxygen atoms in total. The topological polar surface area (TPSA) is 225 Å². The summed E-state index contributed by atoms with van der Waals surface area (Å²) in [6.45, 7) is 0. The van der Waals surface area contributed by atoms with Crippen molar-refractivity contribution in [2.45, 2.75) is 30.1 Å². The number of rotatable bonds is 2. The van der Waals surface area contributed by atoms with Gasteiger partial charge in [-0.2, -0.15) is 5.10 Å². The monoisotopic (exact) mass is 312 g/mol. The predicted octanol–water partition coefficient (Wildman–Crippen LogP) is -4.69. The predicted molar refractivity (Wildman–Crippen MR) is 73.9 cm³/mol. The van der Waals surface area contributed by atoms with Crippen LogP contribution in [0.2, 0.25) is 0 Å². The number of aromatic amines is 2. The van der Waals surface area contributed by atoms with Crippen molar-refractivity contribution in [3.05, 3.63) is 16.0 Å². The van der Waals surface area contributed by atoms with Gasteiger partial charge in [0.1, 0.15) is 29.6 Å². The van der Waals surface area contributed by atoms with Gasteiger partial charge in [-0.25, -0.2) is 4.98 Å². The number of aliphatic hydroxyl groups is 3. The molecule has 1 saturated heterocycles. The van der Waals surface area contributed by atoms with Crippen LogP contribution >= 0.6 is 0 Å². The molecule has 120 valence electrons. The second-order valence-corrected chi connectivity index (χ2v) is 5.21. The third kappa shape index (κ3) is 1.90. The van der Waals surface area contributed by atoms with Crippen LogP contribution in [0, 0.1) is 0 Å². The van der Waals surface area contributed by atoms with Gasteiger partial charge in [-0.3, -0.25) is 20.2 Å². The van der Waals surface area contributed by atoms with Crippen LogP contribution in [0.4, 0.5) is 5.95 Å². The van der Waals surface area contributed by atoms with Crippen LogP contribution in [0.15, 0.2) is 4.79 Å². The van der Waals surface area contributed by atoms with Crippen molar-refractivity contribution in [2.24, 2.45) is 11.5 Å². The molecule has 3 rings (SSSR count). The Labute approximate surface area is 122 Å². The van der Waals surface area contributed by atoms with Gasteiger partial charge in [0.2, 0.25) is 5.95 Å². The minimum Gasteiger partial charge on any atom is -0.388 e. The average molecular weight is 312 g/mol. The third-order valence-electron chi connectivity index (χ3n) is 3.77. The molecule has 12 heteroatoms. The molecule has 12 N–H and O–H groups in total. The van der Waals surface area contributed by atoms with Gasteiger partial charge in [0, 0.05) is 0 Å². The Morgan fingerprint density at radius 3 is 2.59 bits per heavy atom. The molecule has 0 saturated carbocycles. The molecule has 1 unspecified atom stereocenters. The number of aromatic nitrogens is 4. The highest BCUT2D eigenvalue weighted by Gasteiger charge is 2.54. The van der Waals surface area contributed by atoms with Crippen molar-refractivity contribution < 1.29 is 15.3 Å². The molecular formula is C10H16N8O4. The first kappa shape index (κ1) is 14.8. The molecule has 3 heterocycles. The van der Waals surface area contributed by atoms with Gasteiger partial charge in [-0.15, -0.1) is 0 Å². The zero-order chi connectivity index (χ0) is 16.2. The molecule has 1 aliphatic heterocycles. The van der Waals surface area contributed by atoms with Crippen molar-refractivity contribution in [3.63, 3.8) is 0 Å². The molecule has 2 aromatic rings. The van der Waals surface area contributed by atoms with Crippen LogP contribution in [-0.2, 0) is 5.66 Å². The molecule has 0 bridgehead atoms. The normalized spacial score (nSPS) is 33.4. The van der Waals surface area contributed by atoms with Gasteiger partial charge in [0.25, 0.3) is 5.56 Å². The first-order chi connectivity index (χ1) is 10.3. The summed E-state index contributed by atoms with van der Waals surface area (Å²) < 4.78 is 0. The Kier molecular flexibility index (Phi) is 3.17. The molecule has 0 amide bonds. The lowest BCUT2D eigenvalue weighted by Gasteiger charge is -2.27. The zero-order valence-corrected chi connectivity index (χ0v) is 11.2. The summed E-state index contributed by atoms with van der Waals surface area (Å²) >= 11 is 0. The number of nitrogens with one attached hydrogen (secondary N) is 3. The van der Waals surface area contributed by atoms with Crippen LogP contribution < -0.4 is 28.1 Å². The van der Waals surface area contributed by atoms with Gasteiger partial charge in [-0.1, -0.05) is 0 Å². The van der Waals surface area contributed by atoms with Gasteiger partial charge in [0.15, 0.2) is 5.52 Å². The Morgan fingerprint density at radius 2 is 2.00 bits per heavy atom. The second-order valence-electron chi connectivity index (χ2n) is 5.21. The van der Waals surface area contributed by atoms with Crippen molar-refractivity contribution in [2.75, 3.05) is 5.73 Å². The first-order valence-electron chi connectivity index (χ1n) is 6.36. The summed E-state index contributed by atoms with van der Waals surface area (Å²) in [5.74, 6) is -0.160. The molecule has 0 aliphatic carbocycles. The number of anilines is 1. The van der Waals surface area contributed by atoms with Gasteiger partial charge in [0.05, 0.1) is 11.7 Å². The number of aliphatic hydroxyl groups excluding tert-OH is 3. The molecule has 2 aromatic heterocycles. The molecule has 0 aromatic carbocycles. The van der Waals surface area contributed by atoms with E-state index in [1.165, 1.54) is 0 Å². The van der Waals surface area contributed by atoms with Crippen LogP contribution in [0.5, 0.6) is 0 Å². The maximum absolute atomic E-state index is 11.8. The number of nitrogens with two attached hydrogens (primary N) is 3. The standard InChI is InChI=1S/C10H16N8O4/c11-7(21)3-4(19)6(20)10(13,16-3)5-1-2(17-18-5)8(22)15-9(12)14-1/h3-4,6-7,16,19-21H,11,13H2,(H,17,18)(H3,12,14,15,22)/t3-,4+,6+,7?,10-/m0/s1. The minimum atomic E-state index is -1.76. The minimum absolute atomic E-state index is 0.0367. The van der Waals surface area contributed by atoms with E-state index in [1.807, 2.05) is 0 Å². The number of hydrogen-bond acceptors (Lipinski definition) is 10. The van der Waals surface area contributed by atoms with E-state index in [9.17, 15) is 20.1 Å². The number of H-pyrrole nitrogens is 2. The summed E-state index contributed by atoms with van der Waals surface area (Å²) in [6.07, 6.45) is -4.45. The number of hydrogen-bond donors (Lipinski definition) is 9. The lowest BCUT2D eigenvalue weighted by Crippen LogP contribution is -2.56. The molecule has 5 atom stereocenters. The number of fused-ring (bicyclic) bond motifs is 1. The van der Waals surface area contributed by atoms with Crippen molar-refractivity contribution in [1.82, 2.24) is 25.5 Å². The summed E-state index contributed by atoms with van der Waals surface area (Å²) in [5, 5.41) is 38.5. The van der Waals surface area contributed by atoms with E-state index in [-0.39, 0.29) is 22.7 Å². The highest BCUT2D eigenvalue weighted by atomic mass is 16.3. The Hall–Kier alpha value is -2.09. The SMILES string of the molecule is Nc1nc2c([C@]3(N)N[C@H](C(N)O)[C@@H](O)[C@H]3O)[nH]nc2c(=O)[nH]1. The smallest absolute Gasteiger partial charge is 0.280 e. The molecule has 0 spiro atoms. The average Bonchev–Trinajstić information content (AvgIpc) is 2.95. The Bertz CT molecular complexity index is 772. The van der Waals surface area contributed by atoms with Gasteiger partial charge >= 0.3 is 0 Å². The van der Waals surface area contributed by atoms with Gasteiger partial charge < -0.3 is 32.5 Å². The van der Waals surface area contributed by atoms with E-state index < -0.39 is 35.7 Å². The zero-order valence-electron chi connectivity index (χ0n) is 11.2. The van der Waals surface area contributed by atoms with Crippen LogP contribution in [0.3, 0.4) is 0 Å². The fourth-order valence-corrected chi connectivity index (χ4v) is 2.64. The van der Waals surface area contributed by atoms with E-state index in [0.29, 0.717) is 0 Å². The fourth-order valence-electron chi connectivity index (χ4n) is 2.64. The number of nitrogens with zero attached hydrogens (tertiary/aromatic N) is 2. The quantitative estimate of drug-likeness (QED) is 0.241. The van der Waals surface area contributed by atoms with Crippen LogP contribution in [0.1, 0.15) is 5.69 Å². The maximum Gasteiger partial charge on any atom is 0.280 e. The van der Waals surface area contributed by atoms with E-state index in [0.717, 1.165) is 0 Å². The fraction of sp³-hybridized carbons (Fsp3) is 0.500. The van der Waals surface area contributed by atoms with E-state index in [4.69, 9.17) is 17.2 Å². The summed E-state index contributed by atoms with van der Waals surface area (Å²) in [6, 6.07) is -1.09. The lowest BCUT2D eigenvalue weighted by atomic mass is 9.98. The molecule has 0 radical (unpaired) electrons. The van der Waals surface area contributed by atoms with Crippen molar-refractivity contribution in [3.8, 4) is 0 Å².